The maximum Gasteiger partial charge on any atom is 0.323 e. The summed E-state index contributed by atoms with van der Waals surface area (Å²) < 4.78 is 0. The van der Waals surface area contributed by atoms with Crippen LogP contribution in [0.3, 0.4) is 0 Å². The van der Waals surface area contributed by atoms with Crippen molar-refractivity contribution in [3.63, 3.8) is 0 Å². The monoisotopic (exact) mass is 333 g/mol. The molecule has 7 heteroatoms. The number of rotatable bonds is 3. The van der Waals surface area contributed by atoms with E-state index >= 15 is 0 Å². The van der Waals surface area contributed by atoms with Crippen molar-refractivity contribution in [2.24, 2.45) is 0 Å². The molecule has 1 amide bonds. The summed E-state index contributed by atoms with van der Waals surface area (Å²) in [6, 6.07) is 1.29. The van der Waals surface area contributed by atoms with Gasteiger partial charge in [-0.15, -0.1) is 0 Å². The molecule has 0 spiro atoms. The van der Waals surface area contributed by atoms with E-state index in [9.17, 15) is 9.59 Å². The number of likely N-dealkylation sites (tertiary alicyclic amines) is 1. The molecule has 1 aromatic heterocycles. The summed E-state index contributed by atoms with van der Waals surface area (Å²) in [4.78, 5) is 35.4. The van der Waals surface area contributed by atoms with Crippen molar-refractivity contribution in [3.05, 3.63) is 22.4 Å². The average molecular weight is 333 g/mol. The number of H-pyrrole nitrogens is 2. The number of carbonyl (C=O) groups is 1. The summed E-state index contributed by atoms with van der Waals surface area (Å²) in [5.41, 5.74) is 0.0369. The third-order valence-electron chi connectivity index (χ3n) is 5.93. The molecule has 0 radical (unpaired) electrons. The van der Waals surface area contributed by atoms with Gasteiger partial charge in [-0.1, -0.05) is 19.3 Å². The van der Waals surface area contributed by atoms with Crippen LogP contribution in [0.4, 0.5) is 0 Å². The highest BCUT2D eigenvalue weighted by Crippen LogP contribution is 2.25. The maximum absolute atomic E-state index is 12.2. The summed E-state index contributed by atoms with van der Waals surface area (Å²) in [6.45, 7) is 6.11. The molecule has 1 aliphatic carbocycles. The first kappa shape index (κ1) is 15.9. The number of hydrogen-bond donors (Lipinski definition) is 2. The summed E-state index contributed by atoms with van der Waals surface area (Å²) in [7, 11) is 0. The van der Waals surface area contributed by atoms with E-state index in [1.165, 1.54) is 51.4 Å². The number of carbonyl (C=O) groups excluding carboxylic acids is 1. The normalized spacial score (nSPS) is 24.9. The molecule has 2 N–H and O–H groups in total. The second-order valence-electron chi connectivity index (χ2n) is 7.38. The largest absolute Gasteiger partial charge is 0.334 e. The van der Waals surface area contributed by atoms with Crippen LogP contribution in [0.25, 0.3) is 0 Å². The summed E-state index contributed by atoms with van der Waals surface area (Å²) >= 11 is 0. The topological polar surface area (TPSA) is 75.4 Å². The van der Waals surface area contributed by atoms with Gasteiger partial charge >= 0.3 is 5.69 Å². The number of imidazole rings is 1. The van der Waals surface area contributed by atoms with Crippen LogP contribution in [0.15, 0.2) is 11.0 Å². The average Bonchev–Trinajstić information content (AvgIpc) is 3.01. The Bertz CT molecular complexity index is 619. The molecular weight excluding hydrogens is 306 g/mol. The Morgan fingerprint density at radius 3 is 2.17 bits per heavy atom. The van der Waals surface area contributed by atoms with Gasteiger partial charge in [-0.2, -0.15) is 0 Å². The predicted molar refractivity (Wildman–Crippen MR) is 91.1 cm³/mol. The lowest BCUT2D eigenvalue weighted by atomic mass is 9.93. The molecule has 4 rings (SSSR count). The summed E-state index contributed by atoms with van der Waals surface area (Å²) in [5.74, 6) is -0.0783. The van der Waals surface area contributed by atoms with E-state index < -0.39 is 0 Å². The molecule has 3 fully saturated rings. The van der Waals surface area contributed by atoms with E-state index in [2.05, 4.69) is 19.8 Å². The van der Waals surface area contributed by atoms with Crippen LogP contribution in [-0.4, -0.2) is 81.9 Å². The van der Waals surface area contributed by atoms with Crippen LogP contribution < -0.4 is 5.69 Å². The molecule has 2 aliphatic heterocycles. The number of aromatic nitrogens is 2. The van der Waals surface area contributed by atoms with Gasteiger partial charge in [-0.05, 0) is 12.8 Å². The van der Waals surface area contributed by atoms with Crippen molar-refractivity contribution < 1.29 is 4.79 Å². The van der Waals surface area contributed by atoms with E-state index in [0.29, 0.717) is 11.7 Å². The number of amides is 1. The fourth-order valence-corrected chi connectivity index (χ4v) is 4.38. The lowest BCUT2D eigenvalue weighted by Gasteiger charge is -2.49. The van der Waals surface area contributed by atoms with Crippen molar-refractivity contribution in [1.82, 2.24) is 24.7 Å². The van der Waals surface area contributed by atoms with Gasteiger partial charge in [0.25, 0.3) is 5.91 Å². The van der Waals surface area contributed by atoms with Crippen LogP contribution in [0.1, 0.15) is 42.6 Å². The SMILES string of the molecule is O=C(c1c[nH]c(=O)[nH]1)N1CC(N2CCN(C3CCCCC3)CC2)C1. The molecule has 24 heavy (non-hydrogen) atoms. The lowest BCUT2D eigenvalue weighted by Crippen LogP contribution is -2.64. The van der Waals surface area contributed by atoms with Gasteiger partial charge in [0.15, 0.2) is 0 Å². The van der Waals surface area contributed by atoms with Gasteiger partial charge in [0.2, 0.25) is 0 Å². The standard InChI is InChI=1S/C17H27N5O2/c23-16(15-10-18-17(24)19-15)22-11-14(12-22)21-8-6-20(7-9-21)13-4-2-1-3-5-13/h10,13-14H,1-9,11-12H2,(H2,18,19,24). The first-order valence-corrected chi connectivity index (χ1v) is 9.26. The van der Waals surface area contributed by atoms with Gasteiger partial charge in [-0.25, -0.2) is 4.79 Å². The molecule has 2 saturated heterocycles. The molecule has 0 aromatic carbocycles. The van der Waals surface area contributed by atoms with Crippen molar-refractivity contribution >= 4 is 5.91 Å². The highest BCUT2D eigenvalue weighted by Gasteiger charge is 2.37. The van der Waals surface area contributed by atoms with Crippen LogP contribution in [0.5, 0.6) is 0 Å². The molecule has 3 heterocycles. The number of aromatic amines is 2. The molecule has 0 bridgehead atoms. The van der Waals surface area contributed by atoms with E-state index in [1.54, 1.807) is 0 Å². The highest BCUT2D eigenvalue weighted by atomic mass is 16.2. The van der Waals surface area contributed by atoms with Crippen molar-refractivity contribution in [2.45, 2.75) is 44.2 Å². The molecule has 7 nitrogen and oxygen atoms in total. The van der Waals surface area contributed by atoms with Gasteiger partial charge in [0.05, 0.1) is 0 Å². The van der Waals surface area contributed by atoms with E-state index in [-0.39, 0.29) is 11.6 Å². The molecule has 1 aromatic rings. The minimum Gasteiger partial charge on any atom is -0.334 e. The van der Waals surface area contributed by atoms with Crippen molar-refractivity contribution in [3.8, 4) is 0 Å². The Balaban J connectivity index is 1.23. The Morgan fingerprint density at radius 2 is 1.58 bits per heavy atom. The second-order valence-corrected chi connectivity index (χ2v) is 7.38. The van der Waals surface area contributed by atoms with E-state index in [4.69, 9.17) is 0 Å². The van der Waals surface area contributed by atoms with Crippen molar-refractivity contribution in [1.29, 1.82) is 0 Å². The number of piperazine rings is 1. The second kappa shape index (κ2) is 6.72. The highest BCUT2D eigenvalue weighted by molar-refractivity contribution is 5.92. The Labute approximate surface area is 142 Å². The van der Waals surface area contributed by atoms with E-state index in [0.717, 1.165) is 32.2 Å². The van der Waals surface area contributed by atoms with Crippen molar-refractivity contribution in [2.75, 3.05) is 39.3 Å². The zero-order chi connectivity index (χ0) is 16.5. The van der Waals surface area contributed by atoms with Gasteiger partial charge < -0.3 is 14.9 Å². The van der Waals surface area contributed by atoms with Crippen LogP contribution in [-0.2, 0) is 0 Å². The summed E-state index contributed by atoms with van der Waals surface area (Å²) in [5, 5.41) is 0. The number of nitrogens with zero attached hydrogens (tertiary/aromatic N) is 3. The Kier molecular flexibility index (Phi) is 4.45. The zero-order valence-electron chi connectivity index (χ0n) is 14.2. The molecule has 132 valence electrons. The van der Waals surface area contributed by atoms with E-state index in [1.807, 2.05) is 4.90 Å². The Hall–Kier alpha value is -1.60. The molecule has 0 unspecified atom stereocenters. The molecule has 0 atom stereocenters. The van der Waals surface area contributed by atoms with Gasteiger partial charge in [0, 0.05) is 57.5 Å². The predicted octanol–water partition coefficient (Wildman–Crippen LogP) is 0.478. The molecule has 1 saturated carbocycles. The van der Waals surface area contributed by atoms with Gasteiger partial charge in [0.1, 0.15) is 5.69 Å². The first-order valence-electron chi connectivity index (χ1n) is 9.26. The first-order chi connectivity index (χ1) is 11.7. The summed E-state index contributed by atoms with van der Waals surface area (Å²) in [6.07, 6.45) is 8.41. The minimum atomic E-state index is -0.325. The quantitative estimate of drug-likeness (QED) is 0.844. The maximum atomic E-state index is 12.2. The minimum absolute atomic E-state index is 0.0783. The number of hydrogen-bond acceptors (Lipinski definition) is 4. The fourth-order valence-electron chi connectivity index (χ4n) is 4.38. The van der Waals surface area contributed by atoms with Crippen LogP contribution in [0, 0.1) is 0 Å². The number of nitrogens with one attached hydrogen (secondary N) is 2. The Morgan fingerprint density at radius 1 is 0.958 bits per heavy atom. The molecular formula is C17H27N5O2. The molecule has 3 aliphatic rings. The van der Waals surface area contributed by atoms with Crippen LogP contribution in [0.2, 0.25) is 0 Å². The lowest BCUT2D eigenvalue weighted by molar-refractivity contribution is -0.00286. The third kappa shape index (κ3) is 3.15. The third-order valence-corrected chi connectivity index (χ3v) is 5.93. The van der Waals surface area contributed by atoms with Gasteiger partial charge in [-0.3, -0.25) is 14.6 Å². The van der Waals surface area contributed by atoms with Crippen LogP contribution >= 0.6 is 0 Å². The fraction of sp³-hybridized carbons (Fsp3) is 0.765. The smallest absolute Gasteiger partial charge is 0.323 e. The zero-order valence-corrected chi connectivity index (χ0v) is 14.2.